The van der Waals surface area contributed by atoms with E-state index in [2.05, 4.69) is 20.2 Å². The van der Waals surface area contributed by atoms with Gasteiger partial charge >= 0.3 is 6.09 Å². The van der Waals surface area contributed by atoms with E-state index in [9.17, 15) is 14.7 Å². The molecule has 1 aliphatic rings. The number of nitrogens with one attached hydrogen (secondary N) is 2. The van der Waals surface area contributed by atoms with E-state index in [1.165, 1.54) is 6.20 Å². The van der Waals surface area contributed by atoms with E-state index in [4.69, 9.17) is 16.3 Å². The lowest BCUT2D eigenvalue weighted by atomic mass is 9.98. The van der Waals surface area contributed by atoms with Gasteiger partial charge in [-0.25, -0.2) is 9.78 Å². The summed E-state index contributed by atoms with van der Waals surface area (Å²) < 4.78 is 5.49. The van der Waals surface area contributed by atoms with Crippen molar-refractivity contribution in [2.75, 3.05) is 18.0 Å². The van der Waals surface area contributed by atoms with Crippen molar-refractivity contribution in [3.63, 3.8) is 0 Å². The third-order valence-corrected chi connectivity index (χ3v) is 6.53. The number of hydrogen-bond donors (Lipinski definition) is 3. The largest absolute Gasteiger partial charge is 0.413 e. The van der Waals surface area contributed by atoms with Crippen molar-refractivity contribution in [1.29, 1.82) is 0 Å². The van der Waals surface area contributed by atoms with Crippen molar-refractivity contribution in [3.05, 3.63) is 99.4 Å². The van der Waals surface area contributed by atoms with E-state index in [1.54, 1.807) is 36.5 Å². The van der Waals surface area contributed by atoms with Crippen LogP contribution in [0.5, 0.6) is 5.75 Å². The number of aromatic amines is 1. The number of carbonyl (C=O) groups is 1. The van der Waals surface area contributed by atoms with Gasteiger partial charge in [-0.3, -0.25) is 4.79 Å². The van der Waals surface area contributed by atoms with E-state index in [-0.39, 0.29) is 17.3 Å². The van der Waals surface area contributed by atoms with E-state index in [0.717, 1.165) is 24.5 Å². The SMILES string of the molecule is O=C(NC(c1ccccc1)c1c[nH]c2cc(Cl)ccc2c1=O)Oc1ccc(N2CCC(O)CC2)nc1. The molecule has 1 aliphatic heterocycles. The quantitative estimate of drug-likeness (QED) is 0.371. The van der Waals surface area contributed by atoms with Crippen LogP contribution in [0.2, 0.25) is 5.02 Å². The Morgan fingerprint density at radius 1 is 1.14 bits per heavy atom. The number of aliphatic hydroxyl groups excluding tert-OH is 1. The molecule has 2 aromatic heterocycles. The number of H-pyrrole nitrogens is 1. The van der Waals surface area contributed by atoms with Gasteiger partial charge in [-0.2, -0.15) is 0 Å². The van der Waals surface area contributed by atoms with Crippen molar-refractivity contribution in [2.45, 2.75) is 25.0 Å². The molecule has 0 bridgehead atoms. The van der Waals surface area contributed by atoms with Gasteiger partial charge < -0.3 is 25.0 Å². The lowest BCUT2D eigenvalue weighted by Crippen LogP contribution is -2.36. The first kappa shape index (κ1) is 23.8. The molecule has 1 fully saturated rings. The van der Waals surface area contributed by atoms with Gasteiger partial charge in [0, 0.05) is 35.3 Å². The van der Waals surface area contributed by atoms with Crippen molar-refractivity contribution in [3.8, 4) is 5.75 Å². The molecule has 9 heteroatoms. The summed E-state index contributed by atoms with van der Waals surface area (Å²) in [6, 6.07) is 16.9. The highest BCUT2D eigenvalue weighted by Crippen LogP contribution is 2.24. The monoisotopic (exact) mass is 504 g/mol. The number of aliphatic hydroxyl groups is 1. The lowest BCUT2D eigenvalue weighted by Gasteiger charge is -2.30. The van der Waals surface area contributed by atoms with E-state index >= 15 is 0 Å². The number of carbonyl (C=O) groups excluding carboxylic acids is 1. The Hall–Kier alpha value is -3.88. The molecule has 184 valence electrons. The Bertz CT molecular complexity index is 1420. The summed E-state index contributed by atoms with van der Waals surface area (Å²) >= 11 is 6.06. The Morgan fingerprint density at radius 3 is 2.64 bits per heavy atom. The molecular weight excluding hydrogens is 480 g/mol. The minimum absolute atomic E-state index is 0.216. The predicted molar refractivity (Wildman–Crippen MR) is 139 cm³/mol. The first-order valence-electron chi connectivity index (χ1n) is 11.7. The van der Waals surface area contributed by atoms with Gasteiger partial charge in [0.05, 0.1) is 23.9 Å². The Balaban J connectivity index is 1.36. The van der Waals surface area contributed by atoms with E-state index in [1.807, 2.05) is 30.3 Å². The standard InChI is InChI=1S/C27H25ClN4O4/c28-18-6-8-21-23(14-18)29-16-22(26(21)34)25(17-4-2-1-3-5-17)31-27(35)36-20-7-9-24(30-15-20)32-12-10-19(33)11-13-32/h1-9,14-16,19,25,33H,10-13H2,(H,29,34)(H,31,35). The number of hydrogen-bond acceptors (Lipinski definition) is 6. The maximum Gasteiger partial charge on any atom is 0.413 e. The molecule has 0 spiro atoms. The second-order valence-corrected chi connectivity index (χ2v) is 9.15. The van der Waals surface area contributed by atoms with Crippen LogP contribution in [0.25, 0.3) is 10.9 Å². The topological polar surface area (TPSA) is 108 Å². The summed E-state index contributed by atoms with van der Waals surface area (Å²) in [6.45, 7) is 1.44. The number of pyridine rings is 2. The number of fused-ring (bicyclic) bond motifs is 1. The molecule has 2 aromatic carbocycles. The zero-order valence-electron chi connectivity index (χ0n) is 19.4. The summed E-state index contributed by atoms with van der Waals surface area (Å²) in [4.78, 5) is 35.8. The number of rotatable bonds is 5. The van der Waals surface area contributed by atoms with Crippen LogP contribution >= 0.6 is 11.6 Å². The summed E-state index contributed by atoms with van der Waals surface area (Å²) in [7, 11) is 0. The molecule has 36 heavy (non-hydrogen) atoms. The highest BCUT2D eigenvalue weighted by Gasteiger charge is 2.23. The average molecular weight is 505 g/mol. The second-order valence-electron chi connectivity index (χ2n) is 8.71. The van der Waals surface area contributed by atoms with Crippen LogP contribution in [0, 0.1) is 0 Å². The molecule has 1 amide bonds. The molecule has 1 saturated heterocycles. The number of nitrogens with zero attached hydrogens (tertiary/aromatic N) is 2. The van der Waals surface area contributed by atoms with Gasteiger partial charge in [0.15, 0.2) is 11.2 Å². The van der Waals surface area contributed by atoms with Gasteiger partial charge in [-0.1, -0.05) is 41.9 Å². The van der Waals surface area contributed by atoms with E-state index in [0.29, 0.717) is 34.3 Å². The van der Waals surface area contributed by atoms with E-state index < -0.39 is 12.1 Å². The van der Waals surface area contributed by atoms with Gasteiger partial charge in [0.1, 0.15) is 5.82 Å². The van der Waals surface area contributed by atoms with Gasteiger partial charge in [0.25, 0.3) is 0 Å². The fourth-order valence-electron chi connectivity index (χ4n) is 4.38. The molecule has 0 radical (unpaired) electrons. The minimum Gasteiger partial charge on any atom is -0.409 e. The third kappa shape index (κ3) is 5.19. The van der Waals surface area contributed by atoms with Gasteiger partial charge in [-0.05, 0) is 48.7 Å². The zero-order chi connectivity index (χ0) is 25.1. The Morgan fingerprint density at radius 2 is 1.92 bits per heavy atom. The molecule has 8 nitrogen and oxygen atoms in total. The summed E-state index contributed by atoms with van der Waals surface area (Å²) in [5.41, 5.74) is 1.50. The molecule has 3 N–H and O–H groups in total. The van der Waals surface area contributed by atoms with Crippen molar-refractivity contribution >= 4 is 34.4 Å². The highest BCUT2D eigenvalue weighted by atomic mass is 35.5. The summed E-state index contributed by atoms with van der Waals surface area (Å²) in [5, 5.41) is 13.5. The van der Waals surface area contributed by atoms with Crippen LogP contribution < -0.4 is 20.4 Å². The molecule has 1 unspecified atom stereocenters. The smallest absolute Gasteiger partial charge is 0.409 e. The van der Waals surface area contributed by atoms with Gasteiger partial charge in [-0.15, -0.1) is 0 Å². The summed E-state index contributed by atoms with van der Waals surface area (Å²) in [5.74, 6) is 1.04. The lowest BCUT2D eigenvalue weighted by molar-refractivity contribution is 0.145. The van der Waals surface area contributed by atoms with Crippen LogP contribution in [-0.4, -0.2) is 40.4 Å². The molecular formula is C27H25ClN4O4. The van der Waals surface area contributed by atoms with Crippen molar-refractivity contribution in [1.82, 2.24) is 15.3 Å². The van der Waals surface area contributed by atoms with Gasteiger partial charge in [0.2, 0.25) is 0 Å². The third-order valence-electron chi connectivity index (χ3n) is 6.30. The Labute approximate surface area is 212 Å². The zero-order valence-corrected chi connectivity index (χ0v) is 20.1. The number of amides is 1. The molecule has 0 aliphatic carbocycles. The summed E-state index contributed by atoms with van der Waals surface area (Å²) in [6.07, 6.45) is 3.50. The predicted octanol–water partition coefficient (Wildman–Crippen LogP) is 4.42. The van der Waals surface area contributed by atoms with Crippen LogP contribution in [0.3, 0.4) is 0 Å². The van der Waals surface area contributed by atoms with Crippen LogP contribution in [0.4, 0.5) is 10.6 Å². The number of piperidine rings is 1. The maximum atomic E-state index is 13.3. The fraction of sp³-hybridized carbons (Fsp3) is 0.222. The number of anilines is 1. The Kier molecular flexibility index (Phi) is 6.88. The normalized spacial score (nSPS) is 15.0. The molecule has 0 saturated carbocycles. The minimum atomic E-state index is -0.741. The fourth-order valence-corrected chi connectivity index (χ4v) is 4.55. The second kappa shape index (κ2) is 10.4. The molecule has 3 heterocycles. The van der Waals surface area contributed by atoms with Crippen LogP contribution in [0.1, 0.15) is 30.0 Å². The number of benzene rings is 2. The van der Waals surface area contributed by atoms with Crippen LogP contribution in [-0.2, 0) is 0 Å². The first-order valence-corrected chi connectivity index (χ1v) is 12.1. The molecule has 4 aromatic rings. The number of halogens is 1. The molecule has 5 rings (SSSR count). The highest BCUT2D eigenvalue weighted by molar-refractivity contribution is 6.31. The number of aromatic nitrogens is 2. The van der Waals surface area contributed by atoms with Crippen molar-refractivity contribution in [2.24, 2.45) is 0 Å². The number of ether oxygens (including phenoxy) is 1. The average Bonchev–Trinajstić information content (AvgIpc) is 2.89. The first-order chi connectivity index (χ1) is 17.5. The van der Waals surface area contributed by atoms with Crippen molar-refractivity contribution < 1.29 is 14.6 Å². The molecule has 1 atom stereocenters. The van der Waals surface area contributed by atoms with Crippen LogP contribution in [0.15, 0.2) is 77.9 Å². The maximum absolute atomic E-state index is 13.3.